The smallest absolute Gasteiger partial charge is 0.252 e. The van der Waals surface area contributed by atoms with Crippen LogP contribution in [0.3, 0.4) is 0 Å². The first-order valence-corrected chi connectivity index (χ1v) is 46.7. The molecule has 0 radical (unpaired) electrons. The number of fused-ring (bicyclic) bond motifs is 16. The molecule has 21 aromatic carbocycles. The minimum Gasteiger partial charge on any atom is -0.310 e. The second-order valence-electron chi connectivity index (χ2n) is 38.3. The number of nitrogens with zero attached hydrogens (tertiary/aromatic N) is 4. The summed E-state index contributed by atoms with van der Waals surface area (Å²) in [5.41, 5.74) is 26.6. The molecule has 4 heterocycles. The number of rotatable bonds is 13. The monoisotopic (exact) mass is 1750 g/mol. The molecular formula is C131H95BN4. The van der Waals surface area contributed by atoms with Crippen LogP contribution in [0.15, 0.2) is 455 Å². The second-order valence-corrected chi connectivity index (χ2v) is 38.3. The molecule has 642 valence electrons. The van der Waals surface area contributed by atoms with Gasteiger partial charge in [0, 0.05) is 77.9 Å². The lowest BCUT2D eigenvalue weighted by Gasteiger charge is -2.46. The maximum atomic E-state index is 10.8. The van der Waals surface area contributed by atoms with E-state index < -0.39 is 65.9 Å². The highest BCUT2D eigenvalue weighted by Gasteiger charge is 2.47. The maximum absolute atomic E-state index is 10.8. The molecule has 0 unspecified atom stereocenters. The van der Waals surface area contributed by atoms with Crippen LogP contribution in [0.2, 0.25) is 0 Å². The van der Waals surface area contributed by atoms with Gasteiger partial charge in [0.05, 0.1) is 52.6 Å². The van der Waals surface area contributed by atoms with Gasteiger partial charge in [0.25, 0.3) is 6.71 Å². The summed E-state index contributed by atoms with van der Waals surface area (Å²) in [5, 5.41) is 4.28. The van der Waals surface area contributed by atoms with Gasteiger partial charge in [0.15, 0.2) is 0 Å². The molecule has 2 aromatic heterocycles. The van der Waals surface area contributed by atoms with Gasteiger partial charge in [-0.2, -0.15) is 0 Å². The van der Waals surface area contributed by atoms with Gasteiger partial charge in [-0.1, -0.05) is 375 Å². The van der Waals surface area contributed by atoms with Gasteiger partial charge in [0.2, 0.25) is 0 Å². The fourth-order valence-electron chi connectivity index (χ4n) is 21.6. The Bertz CT molecular complexity index is 9700. The molecule has 0 spiro atoms. The van der Waals surface area contributed by atoms with Crippen LogP contribution in [0.25, 0.3) is 188 Å². The van der Waals surface area contributed by atoms with E-state index in [1.165, 1.54) is 11.1 Å². The van der Waals surface area contributed by atoms with E-state index in [9.17, 15) is 19.2 Å². The lowest BCUT2D eigenvalue weighted by molar-refractivity contribution is 0.590. The Morgan fingerprint density at radius 1 is 0.243 bits per heavy atom. The first kappa shape index (κ1) is 66.7. The summed E-state index contributed by atoms with van der Waals surface area (Å²) in [6, 6.07) is 122. The summed E-state index contributed by atoms with van der Waals surface area (Å²) in [6.07, 6.45) is 0.723. The summed E-state index contributed by atoms with van der Waals surface area (Å²) in [6.45, 7) is 12.6. The first-order chi connectivity index (χ1) is 72.6. The standard InChI is InChI=1S/C131H95BN4/c1-130(2,3)99-77-110(85-38-16-9-17-39-85)128(111(78-99)86-40-18-10-19-41-86)135-123-81-101(133-119-56-30-28-54-107(119)114-72-92(60-66-121(114)133)90-48-32-46-88(68-90)83-34-12-7-13-35-83)62-64-117(123)132-118-65-63-102(134-120-57-31-29-55-108(120)115-73-93(61-67-122(115)134)91-49-33-47-89(69-91)84-36-14-8-15-37-84)82-124(118)136(126-76-98(75-125(135)127(126)132)94-58-59-97-70-95-44-22-25-51-104(95)109(97)71-94)129-112(87-42-20-11-21-43-87)79-100(131(4,5)6)80-116(129)113-74-96-45-23-24-50-103(96)105-52-26-27-53-106(105)113/h7-69,71-82H,70H2,1-6H3/i28D,29D,30D,31D,54D,55D,56D,57D,60D,61D,66D,67D,72D,73D. The van der Waals surface area contributed by atoms with Crippen LogP contribution >= 0.6 is 0 Å². The Morgan fingerprint density at radius 2 is 0.640 bits per heavy atom. The average Bonchev–Trinajstić information content (AvgIpc) is 1.12. The molecule has 0 saturated heterocycles. The molecule has 26 rings (SSSR count). The Labute approximate surface area is 814 Å². The lowest BCUT2D eigenvalue weighted by Crippen LogP contribution is -2.61. The van der Waals surface area contributed by atoms with E-state index in [2.05, 4.69) is 282 Å². The molecule has 1 aliphatic carbocycles. The van der Waals surface area contributed by atoms with Crippen LogP contribution < -0.4 is 26.2 Å². The highest BCUT2D eigenvalue weighted by atomic mass is 15.2. The quantitative estimate of drug-likeness (QED) is 0.0845. The number of benzene rings is 21. The zero-order valence-corrected chi connectivity index (χ0v) is 75.8. The van der Waals surface area contributed by atoms with Crippen molar-refractivity contribution in [1.82, 2.24) is 9.13 Å². The molecule has 0 fully saturated rings. The first-order valence-electron chi connectivity index (χ1n) is 53.7. The molecule has 0 N–H and O–H groups in total. The average molecular weight is 1750 g/mol. The van der Waals surface area contributed by atoms with Gasteiger partial charge in [-0.05, 0) is 288 Å². The van der Waals surface area contributed by atoms with Crippen LogP contribution in [0.5, 0.6) is 0 Å². The summed E-state index contributed by atoms with van der Waals surface area (Å²) in [7, 11) is 0. The van der Waals surface area contributed by atoms with Crippen molar-refractivity contribution in [1.29, 1.82) is 0 Å². The van der Waals surface area contributed by atoms with Crippen LogP contribution in [-0.4, -0.2) is 15.8 Å². The van der Waals surface area contributed by atoms with Gasteiger partial charge in [-0.15, -0.1) is 0 Å². The Balaban J connectivity index is 0.859. The maximum Gasteiger partial charge on any atom is 0.252 e. The van der Waals surface area contributed by atoms with Crippen molar-refractivity contribution in [3.8, 4) is 123 Å². The summed E-state index contributed by atoms with van der Waals surface area (Å²) >= 11 is 0. The number of anilines is 6. The van der Waals surface area contributed by atoms with E-state index in [1.807, 2.05) is 140 Å². The van der Waals surface area contributed by atoms with E-state index in [1.54, 1.807) is 9.13 Å². The minimum absolute atomic E-state index is 0.00213. The Morgan fingerprint density at radius 3 is 1.14 bits per heavy atom. The normalized spacial score (nSPS) is 14.1. The third-order valence-electron chi connectivity index (χ3n) is 28.2. The Hall–Kier alpha value is -16.6. The molecule has 0 bridgehead atoms. The number of hydrogen-bond donors (Lipinski definition) is 0. The van der Waals surface area contributed by atoms with Crippen molar-refractivity contribution in [2.24, 2.45) is 0 Å². The van der Waals surface area contributed by atoms with Crippen molar-refractivity contribution < 1.29 is 19.2 Å². The van der Waals surface area contributed by atoms with Crippen molar-refractivity contribution in [3.05, 3.63) is 477 Å². The highest BCUT2D eigenvalue weighted by Crippen LogP contribution is 2.58. The predicted octanol–water partition coefficient (Wildman–Crippen LogP) is 33.4. The largest absolute Gasteiger partial charge is 0.310 e. The molecule has 2 aliphatic heterocycles. The topological polar surface area (TPSA) is 16.3 Å². The van der Waals surface area contributed by atoms with Gasteiger partial charge < -0.3 is 18.9 Å². The number of hydrogen-bond acceptors (Lipinski definition) is 2. The van der Waals surface area contributed by atoms with Crippen molar-refractivity contribution >= 4 is 122 Å². The predicted molar refractivity (Wildman–Crippen MR) is 579 cm³/mol. The van der Waals surface area contributed by atoms with E-state index in [0.717, 1.165) is 167 Å². The molecule has 4 nitrogen and oxygen atoms in total. The fourth-order valence-corrected chi connectivity index (χ4v) is 21.6. The zero-order chi connectivity index (χ0) is 103. The van der Waals surface area contributed by atoms with Crippen LogP contribution in [0.4, 0.5) is 34.1 Å². The third-order valence-corrected chi connectivity index (χ3v) is 28.2. The van der Waals surface area contributed by atoms with Crippen molar-refractivity contribution in [2.45, 2.75) is 58.8 Å². The van der Waals surface area contributed by atoms with Crippen molar-refractivity contribution in [3.63, 3.8) is 0 Å². The molecule has 0 amide bonds. The van der Waals surface area contributed by atoms with E-state index in [4.69, 9.17) is 0 Å². The van der Waals surface area contributed by atoms with E-state index in [-0.39, 0.29) is 91.0 Å². The van der Waals surface area contributed by atoms with Crippen LogP contribution in [-0.2, 0) is 17.3 Å². The zero-order valence-electron chi connectivity index (χ0n) is 89.8. The molecule has 0 saturated carbocycles. The van der Waals surface area contributed by atoms with Gasteiger partial charge in [-0.25, -0.2) is 0 Å². The van der Waals surface area contributed by atoms with E-state index in [0.29, 0.717) is 33.9 Å². The van der Waals surface area contributed by atoms with Gasteiger partial charge in [0.1, 0.15) is 0 Å². The summed E-state index contributed by atoms with van der Waals surface area (Å²) in [5.74, 6) is 0. The molecule has 136 heavy (non-hydrogen) atoms. The van der Waals surface area contributed by atoms with Gasteiger partial charge in [-0.3, -0.25) is 0 Å². The fraction of sp³-hybridized carbons (Fsp3) is 0.0687. The molecule has 5 heteroatoms. The molecule has 0 atom stereocenters. The Kier molecular flexibility index (Phi) is 15.5. The third kappa shape index (κ3) is 13.2. The molecule has 23 aromatic rings. The lowest BCUT2D eigenvalue weighted by atomic mass is 9.33. The SMILES string of the molecule is [2H]c1c([2H])c([2H])c2c(c1[2H])c1c([2H])c(-c3cccc(-c4ccccc4)c3)c([2H])c([2H])c1n2-c1ccc2c(c1)N(c1c(-c3ccccc3)cc(C(C)(C)C)cc1-c1ccccc1)c1cc(-c3ccc4c(c3)-c3ccccc3C4)cc3c1B2c1ccc(-n2c4c([2H])c([2H])c([2H])c([2H])c4c4c([2H])c(-c5cccc(-c6ccccc6)c5)c([2H])c([2H])c42)cc1N3c1c(-c2ccccc2)cc(C(C)(C)C)cc1-c1cc2ccccc2c2ccccc12. The minimum atomic E-state index is -0.836. The molecule has 3 aliphatic rings. The number of aromatic nitrogens is 2. The van der Waals surface area contributed by atoms with E-state index >= 15 is 0 Å². The number of para-hydroxylation sites is 2. The van der Waals surface area contributed by atoms with Crippen molar-refractivity contribution in [2.75, 3.05) is 9.80 Å². The van der Waals surface area contributed by atoms with Crippen LogP contribution in [0, 0.1) is 0 Å². The van der Waals surface area contributed by atoms with Crippen LogP contribution in [0.1, 0.15) is 83.0 Å². The highest BCUT2D eigenvalue weighted by molar-refractivity contribution is 7.00. The summed E-state index contributed by atoms with van der Waals surface area (Å²) < 4.78 is 148. The second kappa shape index (κ2) is 31.6. The van der Waals surface area contributed by atoms with Gasteiger partial charge >= 0.3 is 0 Å². The summed E-state index contributed by atoms with van der Waals surface area (Å²) in [4.78, 5) is 4.87. The molecular weight excluding hydrogens is 1640 g/mol.